The normalized spacial score (nSPS) is 18.9. The van der Waals surface area contributed by atoms with Crippen LogP contribution in [0.15, 0.2) is 0 Å². The average Bonchev–Trinajstić information content (AvgIpc) is 2.88. The summed E-state index contributed by atoms with van der Waals surface area (Å²) in [6.45, 7) is 17.9. The van der Waals surface area contributed by atoms with Gasteiger partial charge in [0.2, 0.25) is 0 Å². The molecule has 2 aromatic heterocycles. The van der Waals surface area contributed by atoms with E-state index in [1.165, 1.54) is 11.3 Å². The summed E-state index contributed by atoms with van der Waals surface area (Å²) in [6.07, 6.45) is 4.04. The molecule has 1 aliphatic heterocycles. The molecular weight excluding hydrogens is 380 g/mol. The minimum atomic E-state index is 0.00550. The van der Waals surface area contributed by atoms with Gasteiger partial charge < -0.3 is 10.2 Å². The largest absolute Gasteiger partial charge is 0.335 e. The first kappa shape index (κ1) is 22.2. The number of piperidine rings is 1. The minimum absolute atomic E-state index is 0.00550. The Morgan fingerprint density at radius 2 is 1.76 bits per heavy atom. The predicted molar refractivity (Wildman–Crippen MR) is 122 cm³/mol. The third-order valence-electron chi connectivity index (χ3n) is 5.90. The Hall–Kier alpha value is -1.53. The summed E-state index contributed by atoms with van der Waals surface area (Å²) in [5, 5.41) is 4.79. The molecule has 0 saturated carbocycles. The Bertz CT molecular complexity index is 899. The maximum absolute atomic E-state index is 13.8. The van der Waals surface area contributed by atoms with Crippen LogP contribution in [-0.2, 0) is 0 Å². The van der Waals surface area contributed by atoms with Gasteiger partial charge in [-0.15, -0.1) is 11.3 Å². The third-order valence-corrected chi connectivity index (χ3v) is 7.07. The van der Waals surface area contributed by atoms with Gasteiger partial charge in [0.15, 0.2) is 0 Å². The number of amides is 1. The molecule has 0 atom stereocenters. The van der Waals surface area contributed by atoms with Crippen molar-refractivity contribution in [2.24, 2.45) is 0 Å². The lowest BCUT2D eigenvalue weighted by Crippen LogP contribution is -2.62. The molecule has 0 unspecified atom stereocenters. The van der Waals surface area contributed by atoms with Gasteiger partial charge in [-0.1, -0.05) is 13.3 Å². The zero-order valence-electron chi connectivity index (χ0n) is 19.3. The monoisotopic (exact) mass is 416 g/mol. The smallest absolute Gasteiger partial charge is 0.264 e. The zero-order valence-corrected chi connectivity index (χ0v) is 20.1. The fraction of sp³-hybridized carbons (Fsp3) is 0.696. The standard InChI is InChI=1S/C23H36N4OS/c1-9-10-11-27(17-12-22(5,6)26-23(7,8)13-17)21(28)19-14(2)18-15(3)24-16(4)25-20(18)29-19/h17,26H,9-13H2,1-8H3. The highest BCUT2D eigenvalue weighted by Gasteiger charge is 2.41. The number of fused-ring (bicyclic) bond motifs is 1. The number of unbranched alkanes of at least 4 members (excludes halogenated alkanes) is 1. The molecule has 3 rings (SSSR count). The third kappa shape index (κ3) is 4.64. The van der Waals surface area contributed by atoms with E-state index < -0.39 is 0 Å². The molecule has 1 saturated heterocycles. The Kier molecular flexibility index (Phi) is 6.08. The van der Waals surface area contributed by atoms with Gasteiger partial charge >= 0.3 is 0 Å². The molecule has 2 aromatic rings. The number of carbonyl (C=O) groups excluding carboxylic acids is 1. The van der Waals surface area contributed by atoms with E-state index >= 15 is 0 Å². The van der Waals surface area contributed by atoms with Gasteiger partial charge in [0.25, 0.3) is 5.91 Å². The van der Waals surface area contributed by atoms with Gasteiger partial charge in [-0.05, 0) is 73.3 Å². The van der Waals surface area contributed by atoms with Crippen molar-refractivity contribution in [1.29, 1.82) is 0 Å². The highest BCUT2D eigenvalue weighted by atomic mass is 32.1. The predicted octanol–water partition coefficient (Wildman–Crippen LogP) is 5.17. The molecule has 0 aromatic carbocycles. The Morgan fingerprint density at radius 1 is 1.14 bits per heavy atom. The second-order valence-corrected chi connectivity index (χ2v) is 10.9. The van der Waals surface area contributed by atoms with Gasteiger partial charge in [0, 0.05) is 34.7 Å². The van der Waals surface area contributed by atoms with Gasteiger partial charge in [-0.25, -0.2) is 9.97 Å². The molecule has 1 aliphatic rings. The Balaban J connectivity index is 2.01. The van der Waals surface area contributed by atoms with Crippen LogP contribution >= 0.6 is 11.3 Å². The number of rotatable bonds is 5. The summed E-state index contributed by atoms with van der Waals surface area (Å²) < 4.78 is 0. The molecule has 1 N–H and O–H groups in total. The van der Waals surface area contributed by atoms with Crippen molar-refractivity contribution in [3.8, 4) is 0 Å². The molecule has 5 nitrogen and oxygen atoms in total. The van der Waals surface area contributed by atoms with Crippen LogP contribution in [0.4, 0.5) is 0 Å². The van der Waals surface area contributed by atoms with Crippen LogP contribution < -0.4 is 5.32 Å². The number of aromatic nitrogens is 2. The van der Waals surface area contributed by atoms with E-state index in [-0.39, 0.29) is 23.0 Å². The van der Waals surface area contributed by atoms with Crippen molar-refractivity contribution in [3.63, 3.8) is 0 Å². The van der Waals surface area contributed by atoms with Crippen LogP contribution in [0.5, 0.6) is 0 Å². The lowest BCUT2D eigenvalue weighted by Gasteiger charge is -2.49. The number of hydrogen-bond donors (Lipinski definition) is 1. The molecule has 0 spiro atoms. The van der Waals surface area contributed by atoms with Crippen molar-refractivity contribution in [3.05, 3.63) is 22.0 Å². The van der Waals surface area contributed by atoms with Crippen molar-refractivity contribution < 1.29 is 4.79 Å². The van der Waals surface area contributed by atoms with Gasteiger partial charge in [-0.3, -0.25) is 4.79 Å². The number of nitrogens with zero attached hydrogens (tertiary/aromatic N) is 3. The number of hydrogen-bond acceptors (Lipinski definition) is 5. The van der Waals surface area contributed by atoms with Crippen LogP contribution in [0, 0.1) is 20.8 Å². The van der Waals surface area contributed by atoms with E-state index in [4.69, 9.17) is 0 Å². The van der Waals surface area contributed by atoms with Crippen LogP contribution in [-0.4, -0.2) is 44.4 Å². The van der Waals surface area contributed by atoms with E-state index in [9.17, 15) is 4.79 Å². The van der Waals surface area contributed by atoms with E-state index in [1.807, 2.05) is 20.8 Å². The van der Waals surface area contributed by atoms with E-state index in [2.05, 4.69) is 54.8 Å². The summed E-state index contributed by atoms with van der Waals surface area (Å²) in [5.74, 6) is 0.925. The fourth-order valence-corrected chi connectivity index (χ4v) is 6.31. The van der Waals surface area contributed by atoms with Crippen LogP contribution in [0.1, 0.15) is 87.1 Å². The molecule has 1 fully saturated rings. The lowest BCUT2D eigenvalue weighted by atomic mass is 9.79. The van der Waals surface area contributed by atoms with E-state index in [1.54, 1.807) is 0 Å². The van der Waals surface area contributed by atoms with Crippen molar-refractivity contribution >= 4 is 27.5 Å². The number of aryl methyl sites for hydroxylation is 3. The van der Waals surface area contributed by atoms with Crippen LogP contribution in [0.2, 0.25) is 0 Å². The summed E-state index contributed by atoms with van der Waals surface area (Å²) in [5.41, 5.74) is 2.00. The molecule has 3 heterocycles. The van der Waals surface area contributed by atoms with Crippen LogP contribution in [0.25, 0.3) is 10.2 Å². The number of nitrogens with one attached hydrogen (secondary N) is 1. The van der Waals surface area contributed by atoms with Crippen molar-refractivity contribution in [2.45, 2.75) is 98.2 Å². The molecule has 1 amide bonds. The van der Waals surface area contributed by atoms with Gasteiger partial charge in [0.05, 0.1) is 4.88 Å². The van der Waals surface area contributed by atoms with Crippen molar-refractivity contribution in [1.82, 2.24) is 20.2 Å². The topological polar surface area (TPSA) is 58.1 Å². The molecule has 0 radical (unpaired) electrons. The minimum Gasteiger partial charge on any atom is -0.335 e. The van der Waals surface area contributed by atoms with Crippen molar-refractivity contribution in [2.75, 3.05) is 6.54 Å². The summed E-state index contributed by atoms with van der Waals surface area (Å²) in [6, 6.07) is 0.235. The average molecular weight is 417 g/mol. The summed E-state index contributed by atoms with van der Waals surface area (Å²) >= 11 is 1.53. The molecule has 29 heavy (non-hydrogen) atoms. The first-order valence-corrected chi connectivity index (χ1v) is 11.6. The van der Waals surface area contributed by atoms with E-state index in [0.29, 0.717) is 0 Å². The highest BCUT2D eigenvalue weighted by molar-refractivity contribution is 7.20. The first-order valence-electron chi connectivity index (χ1n) is 10.8. The SMILES string of the molecule is CCCCN(C(=O)c1sc2nc(C)nc(C)c2c1C)C1CC(C)(C)NC(C)(C)C1. The molecule has 160 valence electrons. The maximum atomic E-state index is 13.8. The zero-order chi connectivity index (χ0) is 21.6. The Morgan fingerprint density at radius 3 is 2.34 bits per heavy atom. The Labute approximate surface area is 179 Å². The van der Waals surface area contributed by atoms with E-state index in [0.717, 1.165) is 64.4 Å². The van der Waals surface area contributed by atoms with Crippen LogP contribution in [0.3, 0.4) is 0 Å². The molecule has 0 aliphatic carbocycles. The lowest BCUT2D eigenvalue weighted by molar-refractivity contribution is 0.0445. The summed E-state index contributed by atoms with van der Waals surface area (Å²) in [4.78, 5) is 26.9. The number of thiophene rings is 1. The maximum Gasteiger partial charge on any atom is 0.264 e. The fourth-order valence-electron chi connectivity index (χ4n) is 5.08. The first-order chi connectivity index (χ1) is 13.4. The highest BCUT2D eigenvalue weighted by Crippen LogP contribution is 2.36. The molecule has 6 heteroatoms. The number of carbonyl (C=O) groups is 1. The second kappa shape index (κ2) is 7.95. The van der Waals surface area contributed by atoms with Gasteiger partial charge in [0.1, 0.15) is 10.7 Å². The second-order valence-electron chi connectivity index (χ2n) is 9.90. The van der Waals surface area contributed by atoms with Gasteiger partial charge in [-0.2, -0.15) is 0 Å². The summed E-state index contributed by atoms with van der Waals surface area (Å²) in [7, 11) is 0. The molecular formula is C23H36N4OS. The molecule has 0 bridgehead atoms. The quantitative estimate of drug-likeness (QED) is 0.731.